The van der Waals surface area contributed by atoms with Gasteiger partial charge in [-0.05, 0) is 61.6 Å². The lowest BCUT2D eigenvalue weighted by Gasteiger charge is -2.14. The standard InChI is InChI=1S/C21H21N3O2S/c1-13(19(25)22-16-11-10-14-6-5-7-15(14)12-16)27-21-23-18-9-4-3-8-17(18)20(26)24(21)2/h3-4,8-13H,5-7H2,1-2H3,(H,22,25)/t13-/m1/s1. The number of aromatic nitrogens is 2. The van der Waals surface area contributed by atoms with Crippen LogP contribution in [0.25, 0.3) is 10.9 Å². The van der Waals surface area contributed by atoms with Crippen LogP contribution in [-0.4, -0.2) is 20.7 Å². The molecule has 6 heteroatoms. The van der Waals surface area contributed by atoms with Crippen molar-refractivity contribution >= 4 is 34.3 Å². The van der Waals surface area contributed by atoms with Gasteiger partial charge in [-0.3, -0.25) is 14.2 Å². The van der Waals surface area contributed by atoms with E-state index in [1.165, 1.54) is 33.9 Å². The second kappa shape index (κ2) is 7.19. The lowest BCUT2D eigenvalue weighted by Crippen LogP contribution is -2.25. The molecule has 0 fully saturated rings. The molecule has 4 rings (SSSR count). The van der Waals surface area contributed by atoms with Gasteiger partial charge in [0.15, 0.2) is 5.16 Å². The van der Waals surface area contributed by atoms with E-state index in [1.54, 1.807) is 13.1 Å². The third kappa shape index (κ3) is 3.49. The molecule has 138 valence electrons. The van der Waals surface area contributed by atoms with Crippen LogP contribution in [0.3, 0.4) is 0 Å². The predicted molar refractivity (Wildman–Crippen MR) is 109 cm³/mol. The summed E-state index contributed by atoms with van der Waals surface area (Å²) in [5, 5.41) is 3.73. The molecule has 0 saturated heterocycles. The number of carbonyl (C=O) groups is 1. The summed E-state index contributed by atoms with van der Waals surface area (Å²) in [7, 11) is 1.69. The van der Waals surface area contributed by atoms with Gasteiger partial charge in [0, 0.05) is 12.7 Å². The maximum atomic E-state index is 12.6. The molecule has 1 aliphatic carbocycles. The van der Waals surface area contributed by atoms with Gasteiger partial charge in [-0.1, -0.05) is 30.0 Å². The summed E-state index contributed by atoms with van der Waals surface area (Å²) >= 11 is 1.29. The molecule has 1 amide bonds. The number of nitrogens with zero attached hydrogens (tertiary/aromatic N) is 2. The van der Waals surface area contributed by atoms with Crippen molar-refractivity contribution in [2.45, 2.75) is 36.6 Å². The van der Waals surface area contributed by atoms with Crippen LogP contribution in [0, 0.1) is 0 Å². The van der Waals surface area contributed by atoms with Crippen LogP contribution in [0.5, 0.6) is 0 Å². The number of nitrogens with one attached hydrogen (secondary N) is 1. The molecule has 27 heavy (non-hydrogen) atoms. The fraction of sp³-hybridized carbons (Fsp3) is 0.286. The van der Waals surface area contributed by atoms with Crippen LogP contribution in [0.4, 0.5) is 5.69 Å². The highest BCUT2D eigenvalue weighted by Gasteiger charge is 2.19. The highest BCUT2D eigenvalue weighted by molar-refractivity contribution is 8.00. The van der Waals surface area contributed by atoms with Gasteiger partial charge in [0.1, 0.15) is 0 Å². The number of fused-ring (bicyclic) bond motifs is 2. The Balaban J connectivity index is 1.52. The number of hydrogen-bond acceptors (Lipinski definition) is 4. The summed E-state index contributed by atoms with van der Waals surface area (Å²) in [6.07, 6.45) is 3.38. The topological polar surface area (TPSA) is 64.0 Å². The van der Waals surface area contributed by atoms with Crippen LogP contribution in [0.2, 0.25) is 0 Å². The quantitative estimate of drug-likeness (QED) is 0.556. The number of aryl methyl sites for hydroxylation is 2. The second-order valence-corrected chi connectivity index (χ2v) is 8.17. The van der Waals surface area contributed by atoms with Crippen LogP contribution in [0.15, 0.2) is 52.4 Å². The lowest BCUT2D eigenvalue weighted by atomic mass is 10.1. The maximum Gasteiger partial charge on any atom is 0.261 e. The van der Waals surface area contributed by atoms with Crippen molar-refractivity contribution in [3.8, 4) is 0 Å². The molecule has 1 aromatic heterocycles. The molecule has 0 aliphatic heterocycles. The second-order valence-electron chi connectivity index (χ2n) is 6.86. The van der Waals surface area contributed by atoms with Crippen LogP contribution < -0.4 is 10.9 Å². The lowest BCUT2D eigenvalue weighted by molar-refractivity contribution is -0.115. The van der Waals surface area contributed by atoms with E-state index in [0.29, 0.717) is 16.1 Å². The average Bonchev–Trinajstić information content (AvgIpc) is 3.13. The first-order valence-corrected chi connectivity index (χ1v) is 9.96. The first kappa shape index (κ1) is 17.8. The number of thioether (sulfide) groups is 1. The number of hydrogen-bond donors (Lipinski definition) is 1. The monoisotopic (exact) mass is 379 g/mol. The van der Waals surface area contributed by atoms with Gasteiger partial charge in [0.2, 0.25) is 5.91 Å². The smallest absolute Gasteiger partial charge is 0.261 e. The van der Waals surface area contributed by atoms with Gasteiger partial charge in [0.05, 0.1) is 16.2 Å². The van der Waals surface area contributed by atoms with Crippen molar-refractivity contribution in [3.05, 3.63) is 63.9 Å². The van der Waals surface area contributed by atoms with Gasteiger partial charge in [-0.15, -0.1) is 0 Å². The number of anilines is 1. The minimum Gasteiger partial charge on any atom is -0.325 e. The summed E-state index contributed by atoms with van der Waals surface area (Å²) in [5.74, 6) is -0.0969. The third-order valence-corrected chi connectivity index (χ3v) is 6.10. The molecule has 3 aromatic rings. The minimum absolute atomic E-state index is 0.0969. The van der Waals surface area contributed by atoms with E-state index in [1.807, 2.05) is 31.2 Å². The van der Waals surface area contributed by atoms with Crippen molar-refractivity contribution in [1.29, 1.82) is 0 Å². The number of benzene rings is 2. The van der Waals surface area contributed by atoms with E-state index in [0.717, 1.165) is 18.5 Å². The zero-order valence-electron chi connectivity index (χ0n) is 15.4. The summed E-state index contributed by atoms with van der Waals surface area (Å²) in [4.78, 5) is 29.7. The summed E-state index contributed by atoms with van der Waals surface area (Å²) in [6, 6.07) is 13.4. The van der Waals surface area contributed by atoms with Crippen molar-refractivity contribution < 1.29 is 4.79 Å². The van der Waals surface area contributed by atoms with E-state index >= 15 is 0 Å². The summed E-state index contributed by atoms with van der Waals surface area (Å²) in [5.41, 5.74) is 4.08. The van der Waals surface area contributed by atoms with Gasteiger partial charge in [0.25, 0.3) is 5.56 Å². The van der Waals surface area contributed by atoms with Crippen LogP contribution >= 0.6 is 11.8 Å². The molecular formula is C21H21N3O2S. The Morgan fingerprint density at radius 1 is 1.19 bits per heavy atom. The SMILES string of the molecule is C[C@@H](Sc1nc2ccccc2c(=O)n1C)C(=O)Nc1ccc2c(c1)CCC2. The number of amides is 1. The summed E-state index contributed by atoms with van der Waals surface area (Å²) in [6.45, 7) is 1.83. The van der Waals surface area contributed by atoms with E-state index in [2.05, 4.69) is 22.4 Å². The molecule has 1 heterocycles. The van der Waals surface area contributed by atoms with Gasteiger partial charge >= 0.3 is 0 Å². The van der Waals surface area contributed by atoms with E-state index in [-0.39, 0.29) is 16.7 Å². The summed E-state index contributed by atoms with van der Waals surface area (Å²) < 4.78 is 1.51. The fourth-order valence-corrected chi connectivity index (χ4v) is 4.28. The molecule has 2 aromatic carbocycles. The van der Waals surface area contributed by atoms with Crippen molar-refractivity contribution in [3.63, 3.8) is 0 Å². The molecule has 0 radical (unpaired) electrons. The molecule has 1 aliphatic rings. The average molecular weight is 379 g/mol. The van der Waals surface area contributed by atoms with Gasteiger partial charge in [-0.25, -0.2) is 4.98 Å². The molecule has 0 unspecified atom stereocenters. The highest BCUT2D eigenvalue weighted by Crippen LogP contribution is 2.26. The Labute approximate surface area is 161 Å². The largest absolute Gasteiger partial charge is 0.325 e. The molecule has 1 atom stereocenters. The Morgan fingerprint density at radius 2 is 1.96 bits per heavy atom. The number of carbonyl (C=O) groups excluding carboxylic acids is 1. The molecule has 1 N–H and O–H groups in total. The minimum atomic E-state index is -0.377. The normalized spacial score (nSPS) is 14.1. The third-order valence-electron chi connectivity index (χ3n) is 4.96. The molecular weight excluding hydrogens is 358 g/mol. The van der Waals surface area contributed by atoms with E-state index < -0.39 is 0 Å². The first-order chi connectivity index (χ1) is 13.0. The fourth-order valence-electron chi connectivity index (χ4n) is 3.41. The van der Waals surface area contributed by atoms with Crippen LogP contribution in [0.1, 0.15) is 24.5 Å². The molecule has 0 saturated carbocycles. The molecule has 0 spiro atoms. The Hall–Kier alpha value is -2.60. The van der Waals surface area contributed by atoms with Crippen molar-refractivity contribution in [1.82, 2.24) is 9.55 Å². The van der Waals surface area contributed by atoms with Crippen LogP contribution in [-0.2, 0) is 24.7 Å². The van der Waals surface area contributed by atoms with Gasteiger partial charge in [-0.2, -0.15) is 0 Å². The molecule has 0 bridgehead atoms. The van der Waals surface area contributed by atoms with Crippen molar-refractivity contribution in [2.75, 3.05) is 5.32 Å². The highest BCUT2D eigenvalue weighted by atomic mass is 32.2. The Bertz CT molecular complexity index is 1090. The number of rotatable bonds is 4. The zero-order chi connectivity index (χ0) is 19.0. The number of para-hydroxylation sites is 1. The van der Waals surface area contributed by atoms with E-state index in [4.69, 9.17) is 0 Å². The van der Waals surface area contributed by atoms with Crippen molar-refractivity contribution in [2.24, 2.45) is 7.05 Å². The first-order valence-electron chi connectivity index (χ1n) is 9.08. The zero-order valence-corrected chi connectivity index (χ0v) is 16.2. The van der Waals surface area contributed by atoms with Gasteiger partial charge < -0.3 is 5.32 Å². The Kier molecular flexibility index (Phi) is 4.74. The maximum absolute atomic E-state index is 12.6. The van der Waals surface area contributed by atoms with E-state index in [9.17, 15) is 9.59 Å². The Morgan fingerprint density at radius 3 is 2.81 bits per heavy atom. The predicted octanol–water partition coefficient (Wildman–Crippen LogP) is 3.54. The molecule has 5 nitrogen and oxygen atoms in total.